The highest BCUT2D eigenvalue weighted by molar-refractivity contribution is 9.10. The van der Waals surface area contributed by atoms with Gasteiger partial charge in [-0.1, -0.05) is 0 Å². The average molecular weight is 245 g/mol. The summed E-state index contributed by atoms with van der Waals surface area (Å²) in [7, 11) is 0. The first-order valence-corrected chi connectivity index (χ1v) is 3.89. The Hall–Kier alpha value is -1.48. The molecule has 1 aromatic carbocycles. The summed E-state index contributed by atoms with van der Waals surface area (Å²) in [6.45, 7) is 0. The molecule has 6 heteroatoms. The molecular weight excluding hydrogens is 243 g/mol. The van der Waals surface area contributed by atoms with Crippen molar-refractivity contribution in [1.29, 1.82) is 5.26 Å². The summed E-state index contributed by atoms with van der Waals surface area (Å²) in [5, 5.41) is 18.7. The predicted octanol–water partition coefficient (Wildman–Crippen LogP) is 2.37. The number of nitro benzene ring substituents is 1. The van der Waals surface area contributed by atoms with Gasteiger partial charge >= 0.3 is 5.69 Å². The number of nitrogens with zero attached hydrogens (tertiary/aromatic N) is 2. The van der Waals surface area contributed by atoms with Gasteiger partial charge in [0, 0.05) is 10.5 Å². The summed E-state index contributed by atoms with van der Waals surface area (Å²) >= 11 is 2.92. The summed E-state index contributed by atoms with van der Waals surface area (Å²) in [5.41, 5.74) is -0.617. The molecule has 1 aromatic rings. The van der Waals surface area contributed by atoms with Crippen molar-refractivity contribution in [1.82, 2.24) is 0 Å². The Morgan fingerprint density at radius 2 is 2.23 bits per heavy atom. The summed E-state index contributed by atoms with van der Waals surface area (Å²) < 4.78 is 13.1. The van der Waals surface area contributed by atoms with Crippen molar-refractivity contribution in [3.8, 4) is 6.07 Å². The number of hydrogen-bond acceptors (Lipinski definition) is 3. The van der Waals surface area contributed by atoms with E-state index in [1.54, 1.807) is 6.07 Å². The minimum atomic E-state index is -1.01. The Balaban J connectivity index is 3.39. The van der Waals surface area contributed by atoms with Gasteiger partial charge in [-0.25, -0.2) is 0 Å². The van der Waals surface area contributed by atoms with Gasteiger partial charge in [0.25, 0.3) is 0 Å². The van der Waals surface area contributed by atoms with Crippen LogP contribution < -0.4 is 0 Å². The molecule has 0 aliphatic carbocycles. The maximum absolute atomic E-state index is 12.9. The highest BCUT2D eigenvalue weighted by Gasteiger charge is 2.16. The maximum atomic E-state index is 12.9. The van der Waals surface area contributed by atoms with Gasteiger partial charge in [-0.15, -0.1) is 0 Å². The zero-order valence-electron chi connectivity index (χ0n) is 6.12. The first-order chi connectivity index (χ1) is 6.06. The molecule has 0 N–H and O–H groups in total. The van der Waals surface area contributed by atoms with Crippen LogP contribution in [0.1, 0.15) is 5.56 Å². The standard InChI is InChI=1S/C7H2BrFN2O2/c8-5-2-7(11(12)13)6(9)1-4(5)3-10/h1-2H. The molecule has 0 heterocycles. The van der Waals surface area contributed by atoms with Crippen LogP contribution in [0.4, 0.5) is 10.1 Å². The third kappa shape index (κ3) is 1.81. The fourth-order valence-corrected chi connectivity index (χ4v) is 1.18. The smallest absolute Gasteiger partial charge is 0.258 e. The summed E-state index contributed by atoms with van der Waals surface area (Å²) in [5.74, 6) is -1.01. The van der Waals surface area contributed by atoms with Gasteiger partial charge in [0.15, 0.2) is 0 Å². The molecule has 0 unspecified atom stereocenters. The zero-order chi connectivity index (χ0) is 10.0. The van der Waals surface area contributed by atoms with E-state index in [0.717, 1.165) is 12.1 Å². The lowest BCUT2D eigenvalue weighted by atomic mass is 10.2. The van der Waals surface area contributed by atoms with Crippen LogP contribution in [0.2, 0.25) is 0 Å². The lowest BCUT2D eigenvalue weighted by molar-refractivity contribution is -0.387. The van der Waals surface area contributed by atoms with Crippen LogP contribution >= 0.6 is 15.9 Å². The number of rotatable bonds is 1. The predicted molar refractivity (Wildman–Crippen MR) is 45.5 cm³/mol. The van der Waals surface area contributed by atoms with Crippen LogP contribution in [0.25, 0.3) is 0 Å². The molecule has 0 amide bonds. The molecule has 0 radical (unpaired) electrons. The minimum absolute atomic E-state index is 0.0306. The maximum Gasteiger partial charge on any atom is 0.306 e. The second kappa shape index (κ2) is 3.49. The minimum Gasteiger partial charge on any atom is -0.258 e. The van der Waals surface area contributed by atoms with Crippen LogP contribution in [0.5, 0.6) is 0 Å². The third-order valence-corrected chi connectivity index (χ3v) is 2.01. The zero-order valence-corrected chi connectivity index (χ0v) is 7.71. The van der Waals surface area contributed by atoms with Crippen molar-refractivity contribution in [2.75, 3.05) is 0 Å². The van der Waals surface area contributed by atoms with Crippen molar-refractivity contribution >= 4 is 21.6 Å². The fourth-order valence-electron chi connectivity index (χ4n) is 0.762. The Labute approximate surface area is 80.9 Å². The van der Waals surface area contributed by atoms with Crippen molar-refractivity contribution in [3.05, 3.63) is 38.1 Å². The van der Waals surface area contributed by atoms with E-state index < -0.39 is 16.4 Å². The van der Waals surface area contributed by atoms with Crippen LogP contribution in [0.15, 0.2) is 16.6 Å². The fraction of sp³-hybridized carbons (Fsp3) is 0. The number of halogens is 2. The molecule has 66 valence electrons. The molecule has 0 fully saturated rings. The lowest BCUT2D eigenvalue weighted by Gasteiger charge is -1.96. The van der Waals surface area contributed by atoms with Gasteiger partial charge in [-0.2, -0.15) is 9.65 Å². The largest absolute Gasteiger partial charge is 0.306 e. The summed E-state index contributed by atoms with van der Waals surface area (Å²) in [6.07, 6.45) is 0. The molecule has 0 aliphatic heterocycles. The first kappa shape index (κ1) is 9.61. The number of nitriles is 1. The third-order valence-electron chi connectivity index (χ3n) is 1.35. The second-order valence-corrected chi connectivity index (χ2v) is 3.01. The molecule has 13 heavy (non-hydrogen) atoms. The molecule has 0 aromatic heterocycles. The first-order valence-electron chi connectivity index (χ1n) is 3.10. The van der Waals surface area contributed by atoms with E-state index in [4.69, 9.17) is 5.26 Å². The summed E-state index contributed by atoms with van der Waals surface area (Å²) in [4.78, 5) is 9.39. The monoisotopic (exact) mass is 244 g/mol. The second-order valence-electron chi connectivity index (χ2n) is 2.15. The van der Waals surface area contributed by atoms with Gasteiger partial charge in [-0.3, -0.25) is 10.1 Å². The Bertz CT molecular complexity index is 414. The number of nitro groups is 1. The van der Waals surface area contributed by atoms with E-state index in [1.807, 2.05) is 0 Å². The van der Waals surface area contributed by atoms with E-state index in [2.05, 4.69) is 15.9 Å². The van der Waals surface area contributed by atoms with E-state index >= 15 is 0 Å². The molecular formula is C7H2BrFN2O2. The molecule has 0 saturated heterocycles. The Morgan fingerprint density at radius 3 is 2.69 bits per heavy atom. The van der Waals surface area contributed by atoms with E-state index in [-0.39, 0.29) is 10.0 Å². The van der Waals surface area contributed by atoms with Crippen LogP contribution in [0, 0.1) is 27.3 Å². The van der Waals surface area contributed by atoms with Crippen molar-refractivity contribution in [2.45, 2.75) is 0 Å². The van der Waals surface area contributed by atoms with Gasteiger partial charge in [0.2, 0.25) is 5.82 Å². The Kier molecular flexibility index (Phi) is 2.58. The molecule has 0 bridgehead atoms. The highest BCUT2D eigenvalue weighted by Crippen LogP contribution is 2.25. The Morgan fingerprint density at radius 1 is 1.62 bits per heavy atom. The SMILES string of the molecule is N#Cc1cc(F)c([N+](=O)[O-])cc1Br. The van der Waals surface area contributed by atoms with Crippen molar-refractivity contribution in [3.63, 3.8) is 0 Å². The average Bonchev–Trinajstić information content (AvgIpc) is 2.07. The number of hydrogen-bond donors (Lipinski definition) is 0. The van der Waals surface area contributed by atoms with Gasteiger partial charge in [0.05, 0.1) is 10.5 Å². The normalized spacial score (nSPS) is 9.31. The highest BCUT2D eigenvalue weighted by atomic mass is 79.9. The topological polar surface area (TPSA) is 66.9 Å². The van der Waals surface area contributed by atoms with E-state index in [1.165, 1.54) is 0 Å². The van der Waals surface area contributed by atoms with Crippen LogP contribution in [-0.4, -0.2) is 4.92 Å². The lowest BCUT2D eigenvalue weighted by Crippen LogP contribution is -1.93. The van der Waals surface area contributed by atoms with Crippen molar-refractivity contribution in [2.24, 2.45) is 0 Å². The molecule has 0 saturated carbocycles. The molecule has 0 atom stereocenters. The van der Waals surface area contributed by atoms with Crippen molar-refractivity contribution < 1.29 is 9.31 Å². The summed E-state index contributed by atoms with van der Waals surface area (Å²) in [6, 6.07) is 3.48. The molecule has 4 nitrogen and oxygen atoms in total. The van der Waals surface area contributed by atoms with E-state index in [9.17, 15) is 14.5 Å². The number of benzene rings is 1. The van der Waals surface area contributed by atoms with Gasteiger partial charge in [-0.05, 0) is 22.0 Å². The van der Waals surface area contributed by atoms with Crippen LogP contribution in [0.3, 0.4) is 0 Å². The van der Waals surface area contributed by atoms with Gasteiger partial charge in [0.1, 0.15) is 6.07 Å². The molecule has 0 aliphatic rings. The molecule has 0 spiro atoms. The quantitative estimate of drug-likeness (QED) is 0.563. The molecule has 1 rings (SSSR count). The van der Waals surface area contributed by atoms with E-state index in [0.29, 0.717) is 0 Å². The van der Waals surface area contributed by atoms with Gasteiger partial charge < -0.3 is 0 Å². The van der Waals surface area contributed by atoms with Crippen LogP contribution in [-0.2, 0) is 0 Å².